The molecule has 0 spiro atoms. The molecule has 4 nitrogen and oxygen atoms in total. The molecule has 0 atom stereocenters. The van der Waals surface area contributed by atoms with Crippen molar-refractivity contribution in [3.05, 3.63) is 64.4 Å². The minimum Gasteiger partial charge on any atom is -0.458 e. The number of pyridine rings is 1. The highest BCUT2D eigenvalue weighted by atomic mass is 79.9. The van der Waals surface area contributed by atoms with Crippen LogP contribution in [0, 0.1) is 0 Å². The highest BCUT2D eigenvalue weighted by Gasteiger charge is 2.22. The molecule has 0 radical (unpaired) electrons. The van der Waals surface area contributed by atoms with Crippen molar-refractivity contribution in [1.29, 1.82) is 0 Å². The Balaban J connectivity index is 2.21. The average Bonchev–Trinajstić information content (AvgIpc) is 2.48. The van der Waals surface area contributed by atoms with E-state index in [1.165, 1.54) is 0 Å². The molecule has 21 heavy (non-hydrogen) atoms. The summed E-state index contributed by atoms with van der Waals surface area (Å²) in [4.78, 5) is 24.1. The van der Waals surface area contributed by atoms with Crippen LogP contribution in [0.25, 0.3) is 0 Å². The molecule has 2 rings (SSSR count). The van der Waals surface area contributed by atoms with E-state index in [9.17, 15) is 9.59 Å². The number of esters is 1. The predicted molar refractivity (Wildman–Crippen MR) is 81.1 cm³/mol. The maximum atomic E-state index is 12.3. The van der Waals surface area contributed by atoms with Crippen LogP contribution in [-0.4, -0.2) is 18.4 Å². The maximum Gasteiger partial charge on any atom is 0.403 e. The standard InChI is InChI=1S/C16H15BrNO3/c1-2-21-16(20)14-5-3-4-10-18(14)11-15(19)12-6-8-13(17)9-7-12/h3-10H,2,11H2,1H3/q+1. The van der Waals surface area contributed by atoms with Crippen molar-refractivity contribution in [2.75, 3.05) is 6.61 Å². The van der Waals surface area contributed by atoms with Crippen molar-refractivity contribution in [3.8, 4) is 0 Å². The summed E-state index contributed by atoms with van der Waals surface area (Å²) < 4.78 is 7.51. The molecule has 0 amide bonds. The monoisotopic (exact) mass is 348 g/mol. The first-order chi connectivity index (χ1) is 10.1. The number of carbonyl (C=O) groups is 2. The second-order valence-electron chi connectivity index (χ2n) is 4.36. The minimum atomic E-state index is -0.429. The van der Waals surface area contributed by atoms with Gasteiger partial charge in [-0.1, -0.05) is 28.1 Å². The summed E-state index contributed by atoms with van der Waals surface area (Å²) in [6.07, 6.45) is 1.70. The molecule has 1 heterocycles. The quantitative estimate of drug-likeness (QED) is 0.474. The maximum absolute atomic E-state index is 12.3. The van der Waals surface area contributed by atoms with E-state index in [2.05, 4.69) is 15.9 Å². The zero-order valence-corrected chi connectivity index (χ0v) is 13.2. The van der Waals surface area contributed by atoms with Gasteiger partial charge in [-0.05, 0) is 25.1 Å². The molecule has 0 aliphatic rings. The number of ketones is 1. The first-order valence-corrected chi connectivity index (χ1v) is 7.35. The number of carbonyl (C=O) groups excluding carboxylic acids is 2. The number of hydrogen-bond donors (Lipinski definition) is 0. The van der Waals surface area contributed by atoms with Crippen molar-refractivity contribution in [2.45, 2.75) is 13.5 Å². The van der Waals surface area contributed by atoms with Crippen LogP contribution in [0.3, 0.4) is 0 Å². The molecule has 2 aromatic rings. The Morgan fingerprint density at radius 2 is 1.86 bits per heavy atom. The molecule has 0 saturated heterocycles. The van der Waals surface area contributed by atoms with Gasteiger partial charge in [0.2, 0.25) is 12.3 Å². The second-order valence-corrected chi connectivity index (χ2v) is 5.28. The van der Waals surface area contributed by atoms with Crippen molar-refractivity contribution < 1.29 is 18.9 Å². The minimum absolute atomic E-state index is 0.0655. The first kappa shape index (κ1) is 15.4. The van der Waals surface area contributed by atoms with Gasteiger partial charge >= 0.3 is 5.97 Å². The smallest absolute Gasteiger partial charge is 0.403 e. The fraction of sp³-hybridized carbons (Fsp3) is 0.188. The number of Topliss-reactive ketones (excluding diaryl/α,β-unsaturated/α-hetero) is 1. The number of ether oxygens (including phenoxy) is 1. The van der Waals surface area contributed by atoms with Gasteiger partial charge in [0.05, 0.1) is 6.61 Å². The van der Waals surface area contributed by atoms with Crippen LogP contribution in [0.2, 0.25) is 0 Å². The fourth-order valence-corrected chi connectivity index (χ4v) is 2.15. The van der Waals surface area contributed by atoms with Gasteiger partial charge in [0.1, 0.15) is 0 Å². The van der Waals surface area contributed by atoms with Gasteiger partial charge in [-0.2, -0.15) is 4.57 Å². The molecule has 108 valence electrons. The van der Waals surface area contributed by atoms with Gasteiger partial charge in [-0.25, -0.2) is 4.79 Å². The topological polar surface area (TPSA) is 47.2 Å². The Labute approximate surface area is 131 Å². The van der Waals surface area contributed by atoms with E-state index < -0.39 is 5.97 Å². The van der Waals surface area contributed by atoms with Crippen molar-refractivity contribution in [3.63, 3.8) is 0 Å². The largest absolute Gasteiger partial charge is 0.458 e. The number of hydrogen-bond acceptors (Lipinski definition) is 3. The zero-order chi connectivity index (χ0) is 15.2. The van der Waals surface area contributed by atoms with E-state index in [1.807, 2.05) is 12.1 Å². The third-order valence-corrected chi connectivity index (χ3v) is 3.43. The third kappa shape index (κ3) is 3.98. The Morgan fingerprint density at radius 3 is 2.52 bits per heavy atom. The van der Waals surface area contributed by atoms with Gasteiger partial charge in [0, 0.05) is 22.2 Å². The normalized spacial score (nSPS) is 10.2. The Hall–Kier alpha value is -2.01. The molecule has 0 aliphatic carbocycles. The van der Waals surface area contributed by atoms with Crippen LogP contribution in [0.5, 0.6) is 0 Å². The third-order valence-electron chi connectivity index (χ3n) is 2.91. The van der Waals surface area contributed by atoms with Crippen LogP contribution < -0.4 is 4.57 Å². The van der Waals surface area contributed by atoms with Crippen LogP contribution in [0.4, 0.5) is 0 Å². The molecular weight excluding hydrogens is 334 g/mol. The van der Waals surface area contributed by atoms with Crippen LogP contribution in [0.15, 0.2) is 53.1 Å². The van der Waals surface area contributed by atoms with E-state index in [1.54, 1.807) is 48.0 Å². The lowest BCUT2D eigenvalue weighted by Gasteiger charge is -2.03. The molecule has 0 aliphatic heterocycles. The number of nitrogens with zero attached hydrogens (tertiary/aromatic N) is 1. The summed E-state index contributed by atoms with van der Waals surface area (Å²) in [7, 11) is 0. The van der Waals surface area contributed by atoms with Crippen LogP contribution >= 0.6 is 15.9 Å². The second kappa shape index (κ2) is 7.13. The Morgan fingerprint density at radius 1 is 1.14 bits per heavy atom. The molecule has 0 unspecified atom stereocenters. The molecule has 5 heteroatoms. The molecule has 1 aromatic heterocycles. The highest BCUT2D eigenvalue weighted by molar-refractivity contribution is 9.10. The Bertz CT molecular complexity index is 653. The summed E-state index contributed by atoms with van der Waals surface area (Å²) >= 11 is 3.33. The number of benzene rings is 1. The fourth-order valence-electron chi connectivity index (χ4n) is 1.89. The van der Waals surface area contributed by atoms with Crippen LogP contribution in [-0.2, 0) is 11.3 Å². The number of aromatic nitrogens is 1. The molecule has 0 fully saturated rings. The van der Waals surface area contributed by atoms with Gasteiger partial charge in [0.25, 0.3) is 5.69 Å². The SMILES string of the molecule is CCOC(=O)c1cccc[n+]1CC(=O)c1ccc(Br)cc1. The lowest BCUT2D eigenvalue weighted by Crippen LogP contribution is -2.43. The zero-order valence-electron chi connectivity index (χ0n) is 11.6. The van der Waals surface area contributed by atoms with Gasteiger partial charge < -0.3 is 4.74 Å². The van der Waals surface area contributed by atoms with Gasteiger partial charge in [-0.3, -0.25) is 4.79 Å². The highest BCUT2D eigenvalue weighted by Crippen LogP contribution is 2.11. The lowest BCUT2D eigenvalue weighted by atomic mass is 10.1. The summed E-state index contributed by atoms with van der Waals surface area (Å²) in [6.45, 7) is 2.14. The van der Waals surface area contributed by atoms with Crippen molar-refractivity contribution in [1.82, 2.24) is 0 Å². The number of halogens is 1. The summed E-state index contributed by atoms with van der Waals surface area (Å²) in [5.41, 5.74) is 0.967. The first-order valence-electron chi connectivity index (χ1n) is 6.56. The molecule has 1 aromatic carbocycles. The molecule has 0 N–H and O–H groups in total. The van der Waals surface area contributed by atoms with E-state index in [-0.39, 0.29) is 12.3 Å². The molecule has 0 bridgehead atoms. The summed E-state index contributed by atoms with van der Waals surface area (Å²) in [5, 5.41) is 0. The van der Waals surface area contributed by atoms with E-state index in [4.69, 9.17) is 4.74 Å². The predicted octanol–water partition coefficient (Wildman–Crippen LogP) is 2.80. The Kier molecular flexibility index (Phi) is 5.22. The molecule has 0 saturated carbocycles. The summed E-state index contributed by atoms with van der Waals surface area (Å²) in [5.74, 6) is -0.494. The van der Waals surface area contributed by atoms with E-state index >= 15 is 0 Å². The van der Waals surface area contributed by atoms with E-state index in [0.717, 1.165) is 4.47 Å². The van der Waals surface area contributed by atoms with Crippen LogP contribution in [0.1, 0.15) is 27.8 Å². The molecular formula is C16H15BrNO3+. The number of rotatable bonds is 5. The van der Waals surface area contributed by atoms with Crippen molar-refractivity contribution >= 4 is 27.7 Å². The van der Waals surface area contributed by atoms with Gasteiger partial charge in [0.15, 0.2) is 6.20 Å². The summed E-state index contributed by atoms with van der Waals surface area (Å²) in [6, 6.07) is 12.3. The van der Waals surface area contributed by atoms with Crippen molar-refractivity contribution in [2.24, 2.45) is 0 Å². The van der Waals surface area contributed by atoms with E-state index in [0.29, 0.717) is 17.9 Å². The lowest BCUT2D eigenvalue weighted by molar-refractivity contribution is -0.685. The van der Waals surface area contributed by atoms with Gasteiger partial charge in [-0.15, -0.1) is 0 Å². The average molecular weight is 349 g/mol.